The van der Waals surface area contributed by atoms with Crippen LogP contribution in [0.2, 0.25) is 45.3 Å². The summed E-state index contributed by atoms with van der Waals surface area (Å²) in [6.07, 6.45) is 0. The van der Waals surface area contributed by atoms with E-state index in [-0.39, 0.29) is 17.4 Å². The summed E-state index contributed by atoms with van der Waals surface area (Å²) in [5.74, 6) is -0.271. The van der Waals surface area contributed by atoms with Crippen molar-refractivity contribution >= 4 is 38.3 Å². The Balaban J connectivity index is 2.07. The van der Waals surface area contributed by atoms with E-state index in [0.29, 0.717) is 0 Å². The molecule has 40 heavy (non-hydrogen) atoms. The second-order valence-electron chi connectivity index (χ2n) is 14.9. The second-order valence-corrected chi connectivity index (χ2v) is 44.2. The maximum absolute atomic E-state index is 14.7. The molecule has 2 aliphatic rings. The van der Waals surface area contributed by atoms with Crippen LogP contribution < -0.4 is 0 Å². The number of hydrogen-bond donors (Lipinski definition) is 0. The number of sulfonamides is 1. The molecule has 2 aromatic carbocycles. The van der Waals surface area contributed by atoms with Gasteiger partial charge in [-0.2, -0.15) is 4.31 Å². The summed E-state index contributed by atoms with van der Waals surface area (Å²) in [6.45, 7) is 24.7. The number of carbonyl (C=O) groups excluding carboxylic acids is 1. The van der Waals surface area contributed by atoms with Crippen LogP contribution in [0.3, 0.4) is 0 Å². The highest BCUT2D eigenvalue weighted by Gasteiger charge is 2.71. The van der Waals surface area contributed by atoms with Crippen LogP contribution >= 0.6 is 0 Å². The van der Waals surface area contributed by atoms with Crippen LogP contribution in [-0.2, 0) is 19.6 Å². The van der Waals surface area contributed by atoms with Crippen LogP contribution in [0.5, 0.6) is 0 Å². The first kappa shape index (κ1) is 31.2. The second kappa shape index (κ2) is 9.90. The van der Waals surface area contributed by atoms with E-state index in [1.54, 1.807) is 16.4 Å². The molecule has 0 N–H and O–H groups in total. The highest BCUT2D eigenvalue weighted by molar-refractivity contribution is 7.89. The molecule has 0 aromatic heterocycles. The number of aryl methyl sites for hydroxylation is 2. The van der Waals surface area contributed by atoms with Gasteiger partial charge in [-0.3, -0.25) is 4.79 Å². The lowest BCUT2D eigenvalue weighted by Gasteiger charge is -2.49. The zero-order chi connectivity index (χ0) is 30.1. The van der Waals surface area contributed by atoms with Gasteiger partial charge in [-0.25, -0.2) is 8.42 Å². The molecular formula is C31H47NO4SSi3. The first-order valence-electron chi connectivity index (χ1n) is 14.3. The molecule has 0 spiro atoms. The van der Waals surface area contributed by atoms with Crippen molar-refractivity contribution in [1.29, 1.82) is 0 Å². The lowest BCUT2D eigenvalue weighted by molar-refractivity contribution is -0.165. The Morgan fingerprint density at radius 1 is 0.950 bits per heavy atom. The van der Waals surface area contributed by atoms with E-state index in [4.69, 9.17) is 4.74 Å². The van der Waals surface area contributed by atoms with Crippen molar-refractivity contribution in [3.8, 4) is 0 Å². The minimum absolute atomic E-state index is 0.220. The Morgan fingerprint density at radius 3 is 2.00 bits per heavy atom. The zero-order valence-corrected chi connectivity index (χ0v) is 30.0. The molecule has 0 radical (unpaired) electrons. The van der Waals surface area contributed by atoms with Crippen LogP contribution in [0.15, 0.2) is 64.7 Å². The summed E-state index contributed by atoms with van der Waals surface area (Å²) in [7, 11) is -9.55. The lowest BCUT2D eigenvalue weighted by Crippen LogP contribution is -2.71. The predicted octanol–water partition coefficient (Wildman–Crippen LogP) is 7.14. The summed E-state index contributed by atoms with van der Waals surface area (Å²) in [4.78, 5) is 15.0. The predicted molar refractivity (Wildman–Crippen MR) is 173 cm³/mol. The third kappa shape index (κ3) is 4.95. The van der Waals surface area contributed by atoms with Crippen molar-refractivity contribution in [3.05, 3.63) is 76.5 Å². The minimum atomic E-state index is -3.91. The molecule has 2 aliphatic heterocycles. The fourth-order valence-electron chi connectivity index (χ4n) is 7.15. The van der Waals surface area contributed by atoms with Crippen LogP contribution in [0.25, 0.3) is 0 Å². The number of nitrogens with zero attached hydrogens (tertiary/aromatic N) is 1. The number of fused-ring (bicyclic) bond motifs is 1. The highest BCUT2D eigenvalue weighted by Crippen LogP contribution is 2.63. The molecule has 2 heterocycles. The topological polar surface area (TPSA) is 63.7 Å². The van der Waals surface area contributed by atoms with Gasteiger partial charge >= 0.3 is 5.97 Å². The third-order valence-electron chi connectivity index (χ3n) is 9.18. The van der Waals surface area contributed by atoms with Crippen molar-refractivity contribution in [2.75, 3.05) is 6.54 Å². The van der Waals surface area contributed by atoms with Gasteiger partial charge in [-0.1, -0.05) is 86.9 Å². The molecular weight excluding hydrogens is 567 g/mol. The zero-order valence-electron chi connectivity index (χ0n) is 26.2. The number of ether oxygens (including phenoxy) is 1. The maximum atomic E-state index is 14.7. The van der Waals surface area contributed by atoms with E-state index in [2.05, 4.69) is 45.0 Å². The van der Waals surface area contributed by atoms with E-state index in [0.717, 1.165) is 28.3 Å². The van der Waals surface area contributed by atoms with E-state index < -0.39 is 49.4 Å². The van der Waals surface area contributed by atoms with Gasteiger partial charge < -0.3 is 4.74 Å². The summed E-state index contributed by atoms with van der Waals surface area (Å²) >= 11 is 0. The smallest absolute Gasteiger partial charge is 0.318 e. The molecule has 0 saturated carbocycles. The van der Waals surface area contributed by atoms with Gasteiger partial charge in [0.05, 0.1) is 18.0 Å². The van der Waals surface area contributed by atoms with Crippen LogP contribution in [0.1, 0.15) is 43.5 Å². The Kier molecular flexibility index (Phi) is 7.71. The SMILES string of the molecule is Cc1ccc(S(=O)(=O)N2CC3=C[Si]([Si](C)(C)C)([Si](C)(C)C)C[C@]3(C(=O)OC(C)(C)C)[C@@H]2c2ccccc2C)cc1. The monoisotopic (exact) mass is 613 g/mol. The average molecular weight is 614 g/mol. The molecule has 5 nitrogen and oxygen atoms in total. The Hall–Kier alpha value is -1.79. The van der Waals surface area contributed by atoms with Gasteiger partial charge in [-0.15, -0.1) is 0 Å². The summed E-state index contributed by atoms with van der Waals surface area (Å²) in [6, 6.07) is 15.1. The molecule has 2 aromatic rings. The van der Waals surface area contributed by atoms with Gasteiger partial charge in [0.15, 0.2) is 0 Å². The fraction of sp³-hybridized carbons (Fsp3) is 0.516. The normalized spacial score (nSPS) is 23.6. The van der Waals surface area contributed by atoms with E-state index in [1.807, 2.05) is 71.0 Å². The first-order chi connectivity index (χ1) is 18.2. The quantitative estimate of drug-likeness (QED) is 0.257. The molecule has 0 bridgehead atoms. The first-order valence-corrected chi connectivity index (χ1v) is 27.0. The molecule has 4 rings (SSSR count). The molecule has 9 heteroatoms. The largest absolute Gasteiger partial charge is 0.459 e. The van der Waals surface area contributed by atoms with E-state index >= 15 is 0 Å². The Labute approximate surface area is 244 Å². The van der Waals surface area contributed by atoms with Gasteiger partial charge in [0.25, 0.3) is 0 Å². The molecule has 1 saturated heterocycles. The van der Waals surface area contributed by atoms with Gasteiger partial charge in [-0.05, 0) is 69.5 Å². The van der Waals surface area contributed by atoms with Crippen molar-refractivity contribution in [3.63, 3.8) is 0 Å². The number of esters is 1. The van der Waals surface area contributed by atoms with Crippen molar-refractivity contribution in [1.82, 2.24) is 4.31 Å². The molecule has 2 atom stereocenters. The van der Waals surface area contributed by atoms with Gasteiger partial charge in [0, 0.05) is 21.7 Å². The highest BCUT2D eigenvalue weighted by atomic mass is 32.2. The number of hydrogen-bond acceptors (Lipinski definition) is 4. The summed E-state index contributed by atoms with van der Waals surface area (Å²) < 4.78 is 36.8. The van der Waals surface area contributed by atoms with Crippen LogP contribution in [-0.4, -0.2) is 53.1 Å². The standard InChI is InChI=1S/C31H47NO4SSi3/c1-23-16-18-26(19-17-23)37(34,35)32-20-25-21-40(38(6,7)8,39(9,10)11)22-31(25,29(33)36-30(3,4)5)28(32)27-15-13-12-14-24(27)2/h12-19,21,28H,20,22H2,1-11H3/t28-,31+/m0/s1. The summed E-state index contributed by atoms with van der Waals surface area (Å²) in [5.41, 5.74) is 4.64. The molecule has 0 aliphatic carbocycles. The van der Waals surface area contributed by atoms with Crippen molar-refractivity contribution in [2.45, 2.75) is 96.5 Å². The van der Waals surface area contributed by atoms with Crippen LogP contribution in [0, 0.1) is 19.3 Å². The maximum Gasteiger partial charge on any atom is 0.318 e. The molecule has 0 amide bonds. The molecule has 0 unspecified atom stereocenters. The number of benzene rings is 2. The third-order valence-corrected chi connectivity index (χ3v) is 49.8. The minimum Gasteiger partial charge on any atom is -0.459 e. The van der Waals surface area contributed by atoms with Crippen molar-refractivity contribution in [2.24, 2.45) is 5.41 Å². The fourth-order valence-corrected chi connectivity index (χ4v) is 50.9. The van der Waals surface area contributed by atoms with Crippen LogP contribution in [0.4, 0.5) is 0 Å². The van der Waals surface area contributed by atoms with Crippen molar-refractivity contribution < 1.29 is 17.9 Å². The summed E-state index contributed by atoms with van der Waals surface area (Å²) in [5, 5.41) is 0. The van der Waals surface area contributed by atoms with E-state index in [9.17, 15) is 13.2 Å². The lowest BCUT2D eigenvalue weighted by atomic mass is 9.75. The number of rotatable bonds is 6. The average Bonchev–Trinajstić information content (AvgIpc) is 3.31. The Bertz CT molecular complexity index is 1430. The number of carbonyl (C=O) groups is 1. The molecule has 1 fully saturated rings. The van der Waals surface area contributed by atoms with Gasteiger partial charge in [0.1, 0.15) is 11.0 Å². The van der Waals surface area contributed by atoms with Gasteiger partial charge in [0.2, 0.25) is 10.0 Å². The molecule has 218 valence electrons. The Morgan fingerprint density at radius 2 is 1.50 bits per heavy atom. The van der Waals surface area contributed by atoms with E-state index in [1.165, 1.54) is 0 Å².